The Kier molecular flexibility index (Phi) is 3.89. The number of halogens is 2. The molecule has 0 amide bonds. The molecule has 7 heteroatoms. The van der Waals surface area contributed by atoms with Gasteiger partial charge in [0.05, 0.1) is 15.9 Å². The molecule has 1 N–H and O–H groups in total. The molecule has 26 heavy (non-hydrogen) atoms. The molecule has 0 fully saturated rings. The van der Waals surface area contributed by atoms with Gasteiger partial charge in [0, 0.05) is 46.4 Å². The highest BCUT2D eigenvalue weighted by molar-refractivity contribution is 7.22. The number of nitrogens with one attached hydrogen (secondary N) is 1. The molecule has 0 bridgehead atoms. The van der Waals surface area contributed by atoms with Gasteiger partial charge in [-0.25, -0.2) is 4.98 Å². The van der Waals surface area contributed by atoms with Crippen LogP contribution in [0.4, 0.5) is 5.13 Å². The number of benzene rings is 2. The third-order valence-electron chi connectivity index (χ3n) is 4.64. The standard InChI is InChI=1S/C19H14Cl2N4S/c20-12-3-1-2-11(8-12)18-14-10-25(7-6-15(14)23-24-18)19-22-16-5-4-13(21)9-17(16)26-19/h1-5,8-9H,6-7,10H2,(H,23,24). The van der Waals surface area contributed by atoms with E-state index in [1.807, 2.05) is 42.5 Å². The van der Waals surface area contributed by atoms with E-state index in [1.54, 1.807) is 11.3 Å². The number of hydrogen-bond donors (Lipinski definition) is 1. The summed E-state index contributed by atoms with van der Waals surface area (Å²) in [6.07, 6.45) is 0.916. The summed E-state index contributed by atoms with van der Waals surface area (Å²) >= 11 is 13.9. The summed E-state index contributed by atoms with van der Waals surface area (Å²) in [5.74, 6) is 0. The van der Waals surface area contributed by atoms with Gasteiger partial charge in [-0.05, 0) is 30.3 Å². The molecule has 2 aromatic carbocycles. The van der Waals surface area contributed by atoms with Crippen molar-refractivity contribution < 1.29 is 0 Å². The van der Waals surface area contributed by atoms with E-state index in [9.17, 15) is 0 Å². The van der Waals surface area contributed by atoms with Crippen LogP contribution in [0.5, 0.6) is 0 Å². The fourth-order valence-corrected chi connectivity index (χ4v) is 4.81. The largest absolute Gasteiger partial charge is 0.343 e. The van der Waals surface area contributed by atoms with Crippen molar-refractivity contribution in [1.29, 1.82) is 0 Å². The molecule has 4 nitrogen and oxygen atoms in total. The molecule has 5 rings (SSSR count). The lowest BCUT2D eigenvalue weighted by Gasteiger charge is -2.26. The summed E-state index contributed by atoms with van der Waals surface area (Å²) in [6.45, 7) is 1.69. The first-order valence-electron chi connectivity index (χ1n) is 8.30. The summed E-state index contributed by atoms with van der Waals surface area (Å²) in [7, 11) is 0. The van der Waals surface area contributed by atoms with Crippen LogP contribution >= 0.6 is 34.5 Å². The zero-order valence-electron chi connectivity index (χ0n) is 13.7. The lowest BCUT2D eigenvalue weighted by atomic mass is 10.0. The molecule has 0 saturated carbocycles. The van der Waals surface area contributed by atoms with Gasteiger partial charge in [-0.15, -0.1) is 0 Å². The molecule has 2 aromatic heterocycles. The summed E-state index contributed by atoms with van der Waals surface area (Å²) in [5, 5.41) is 10.2. The maximum atomic E-state index is 6.16. The first-order valence-corrected chi connectivity index (χ1v) is 9.88. The lowest BCUT2D eigenvalue weighted by molar-refractivity contribution is 0.719. The molecule has 0 atom stereocenters. The normalized spacial score (nSPS) is 14.0. The Balaban J connectivity index is 1.52. The quantitative estimate of drug-likeness (QED) is 0.479. The average molecular weight is 401 g/mol. The van der Waals surface area contributed by atoms with Crippen LogP contribution in [0.3, 0.4) is 0 Å². The molecule has 3 heterocycles. The molecule has 0 saturated heterocycles. The summed E-state index contributed by atoms with van der Waals surface area (Å²) in [4.78, 5) is 7.10. The van der Waals surface area contributed by atoms with E-state index in [4.69, 9.17) is 28.2 Å². The molecule has 0 spiro atoms. The Morgan fingerprint density at radius 3 is 2.85 bits per heavy atom. The molecular formula is C19H14Cl2N4S. The van der Waals surface area contributed by atoms with Crippen LogP contribution in [-0.2, 0) is 13.0 Å². The third-order valence-corrected chi connectivity index (χ3v) is 6.19. The van der Waals surface area contributed by atoms with Crippen LogP contribution in [-0.4, -0.2) is 21.7 Å². The predicted molar refractivity (Wildman–Crippen MR) is 108 cm³/mol. The van der Waals surface area contributed by atoms with E-state index in [0.29, 0.717) is 0 Å². The maximum Gasteiger partial charge on any atom is 0.186 e. The lowest BCUT2D eigenvalue weighted by Crippen LogP contribution is -2.30. The van der Waals surface area contributed by atoms with Crippen LogP contribution in [0.15, 0.2) is 42.5 Å². The first-order chi connectivity index (χ1) is 12.7. The van der Waals surface area contributed by atoms with Gasteiger partial charge in [-0.1, -0.05) is 46.7 Å². The SMILES string of the molecule is Clc1cccc(-c2n[nH]c3c2CN(c2nc4ccc(Cl)cc4s2)CC3)c1. The van der Waals surface area contributed by atoms with Gasteiger partial charge in [0.1, 0.15) is 0 Å². The van der Waals surface area contributed by atoms with E-state index in [1.165, 1.54) is 11.3 Å². The van der Waals surface area contributed by atoms with Gasteiger partial charge in [0.2, 0.25) is 0 Å². The van der Waals surface area contributed by atoms with Crippen molar-refractivity contribution in [3.63, 3.8) is 0 Å². The molecule has 0 radical (unpaired) electrons. The fraction of sp³-hybridized carbons (Fsp3) is 0.158. The highest BCUT2D eigenvalue weighted by Crippen LogP contribution is 2.35. The molecule has 1 aliphatic heterocycles. The Morgan fingerprint density at radius 2 is 1.96 bits per heavy atom. The van der Waals surface area contributed by atoms with Gasteiger partial charge >= 0.3 is 0 Å². The van der Waals surface area contributed by atoms with Gasteiger partial charge in [-0.2, -0.15) is 5.10 Å². The second-order valence-corrected chi connectivity index (χ2v) is 8.20. The van der Waals surface area contributed by atoms with Crippen LogP contribution in [0.1, 0.15) is 11.3 Å². The smallest absolute Gasteiger partial charge is 0.186 e. The number of nitrogens with zero attached hydrogens (tertiary/aromatic N) is 3. The van der Waals surface area contributed by atoms with Gasteiger partial charge < -0.3 is 4.90 Å². The maximum absolute atomic E-state index is 6.16. The summed E-state index contributed by atoms with van der Waals surface area (Å²) in [6, 6.07) is 13.7. The van der Waals surface area contributed by atoms with Crippen LogP contribution in [0.2, 0.25) is 10.0 Å². The number of hydrogen-bond acceptors (Lipinski definition) is 4. The van der Waals surface area contributed by atoms with E-state index < -0.39 is 0 Å². The molecule has 1 aliphatic rings. The molecule has 4 aromatic rings. The minimum absolute atomic E-state index is 0.718. The molecule has 0 unspecified atom stereocenters. The van der Waals surface area contributed by atoms with Gasteiger partial charge in [0.25, 0.3) is 0 Å². The van der Waals surface area contributed by atoms with Crippen molar-refractivity contribution >= 4 is 49.9 Å². The highest BCUT2D eigenvalue weighted by Gasteiger charge is 2.24. The van der Waals surface area contributed by atoms with E-state index >= 15 is 0 Å². The van der Waals surface area contributed by atoms with Crippen molar-refractivity contribution in [2.24, 2.45) is 0 Å². The second-order valence-electron chi connectivity index (χ2n) is 6.32. The highest BCUT2D eigenvalue weighted by atomic mass is 35.5. The van der Waals surface area contributed by atoms with Crippen LogP contribution in [0, 0.1) is 0 Å². The van der Waals surface area contributed by atoms with Crippen LogP contribution in [0.25, 0.3) is 21.5 Å². The van der Waals surface area contributed by atoms with Crippen molar-refractivity contribution in [2.45, 2.75) is 13.0 Å². The fourth-order valence-electron chi connectivity index (χ4n) is 3.35. The Labute approximate surface area is 164 Å². The van der Waals surface area contributed by atoms with Crippen molar-refractivity contribution in [1.82, 2.24) is 15.2 Å². The Bertz CT molecular complexity index is 1120. The number of fused-ring (bicyclic) bond motifs is 2. The third kappa shape index (κ3) is 2.76. The number of aromatic amines is 1. The molecule has 0 aliphatic carbocycles. The van der Waals surface area contributed by atoms with Crippen molar-refractivity contribution in [3.05, 3.63) is 63.8 Å². The number of aromatic nitrogens is 3. The number of rotatable bonds is 2. The zero-order valence-corrected chi connectivity index (χ0v) is 16.0. The number of thiazole rings is 1. The number of H-pyrrole nitrogens is 1. The Hall–Kier alpha value is -2.08. The van der Waals surface area contributed by atoms with E-state index in [2.05, 4.69) is 15.1 Å². The minimum Gasteiger partial charge on any atom is -0.343 e. The summed E-state index contributed by atoms with van der Waals surface area (Å²) in [5.41, 5.74) is 5.41. The van der Waals surface area contributed by atoms with E-state index in [0.717, 1.165) is 56.2 Å². The zero-order chi connectivity index (χ0) is 17.7. The van der Waals surface area contributed by atoms with Crippen molar-refractivity contribution in [3.8, 4) is 11.3 Å². The topological polar surface area (TPSA) is 44.8 Å². The van der Waals surface area contributed by atoms with E-state index in [-0.39, 0.29) is 0 Å². The average Bonchev–Trinajstić information content (AvgIpc) is 3.24. The van der Waals surface area contributed by atoms with Gasteiger partial charge in [-0.3, -0.25) is 5.10 Å². The monoisotopic (exact) mass is 400 g/mol. The van der Waals surface area contributed by atoms with Crippen LogP contribution < -0.4 is 4.90 Å². The minimum atomic E-state index is 0.718. The second kappa shape index (κ2) is 6.27. The molecular weight excluding hydrogens is 387 g/mol. The predicted octanol–water partition coefficient (Wildman–Crippen LogP) is 5.56. The van der Waals surface area contributed by atoms with Crippen molar-refractivity contribution in [2.75, 3.05) is 11.4 Å². The Morgan fingerprint density at radius 1 is 1.08 bits per heavy atom. The number of anilines is 1. The summed E-state index contributed by atoms with van der Waals surface area (Å²) < 4.78 is 1.11. The van der Waals surface area contributed by atoms with Gasteiger partial charge in [0.15, 0.2) is 5.13 Å². The molecule has 130 valence electrons. The first kappa shape index (κ1) is 16.1.